The Morgan fingerprint density at radius 3 is 2.63 bits per heavy atom. The molecule has 3 heteroatoms. The highest BCUT2D eigenvalue weighted by Gasteiger charge is 2.40. The molecule has 2 rings (SSSR count). The number of thioether (sulfide) groups is 1. The second-order valence-corrected chi connectivity index (χ2v) is 7.55. The van der Waals surface area contributed by atoms with E-state index >= 15 is 0 Å². The molecule has 1 saturated heterocycles. The number of aliphatic hydroxyl groups is 1. The zero-order chi connectivity index (χ0) is 14.1. The van der Waals surface area contributed by atoms with Gasteiger partial charge in [0, 0.05) is 5.75 Å². The minimum atomic E-state index is -0.733. The van der Waals surface area contributed by atoms with Crippen LogP contribution in [0.1, 0.15) is 39.7 Å². The van der Waals surface area contributed by atoms with E-state index in [9.17, 15) is 5.11 Å². The molecule has 0 bridgehead atoms. The first-order chi connectivity index (χ1) is 8.81. The molecule has 1 aliphatic heterocycles. The summed E-state index contributed by atoms with van der Waals surface area (Å²) < 4.78 is 5.72. The molecule has 0 radical (unpaired) electrons. The van der Waals surface area contributed by atoms with Gasteiger partial charge in [-0.1, -0.05) is 26.0 Å². The van der Waals surface area contributed by atoms with E-state index in [0.717, 1.165) is 29.2 Å². The summed E-state index contributed by atoms with van der Waals surface area (Å²) in [5, 5.41) is 11.0. The van der Waals surface area contributed by atoms with Gasteiger partial charge >= 0.3 is 0 Å². The van der Waals surface area contributed by atoms with Crippen LogP contribution < -0.4 is 4.74 Å². The summed E-state index contributed by atoms with van der Waals surface area (Å²) in [6, 6.07) is 7.92. The topological polar surface area (TPSA) is 29.5 Å². The Morgan fingerprint density at radius 2 is 2.00 bits per heavy atom. The molecular formula is C16H24O2S. The van der Waals surface area contributed by atoms with Crippen molar-refractivity contribution >= 4 is 11.8 Å². The summed E-state index contributed by atoms with van der Waals surface area (Å²) in [7, 11) is 0. The van der Waals surface area contributed by atoms with Crippen molar-refractivity contribution in [3.8, 4) is 5.75 Å². The van der Waals surface area contributed by atoms with Gasteiger partial charge in [0.05, 0.1) is 11.7 Å². The highest BCUT2D eigenvalue weighted by atomic mass is 32.2. The lowest BCUT2D eigenvalue weighted by molar-refractivity contribution is 0.0153. The first-order valence-corrected chi connectivity index (χ1v) is 8.04. The average Bonchev–Trinajstić information content (AvgIpc) is 2.26. The fourth-order valence-corrected chi connectivity index (χ4v) is 4.07. The van der Waals surface area contributed by atoms with Crippen molar-refractivity contribution in [1.29, 1.82) is 0 Å². The Kier molecular flexibility index (Phi) is 4.17. The molecule has 0 aromatic heterocycles. The van der Waals surface area contributed by atoms with E-state index < -0.39 is 5.60 Å². The molecular weight excluding hydrogens is 256 g/mol. The number of benzene rings is 1. The van der Waals surface area contributed by atoms with Gasteiger partial charge in [0.15, 0.2) is 0 Å². The lowest BCUT2D eigenvalue weighted by Crippen LogP contribution is -2.40. The maximum Gasteiger partial charge on any atom is 0.120 e. The average molecular weight is 280 g/mol. The quantitative estimate of drug-likeness (QED) is 0.912. The van der Waals surface area contributed by atoms with E-state index in [2.05, 4.69) is 13.8 Å². The van der Waals surface area contributed by atoms with Crippen LogP contribution in [0.25, 0.3) is 0 Å². The van der Waals surface area contributed by atoms with Gasteiger partial charge in [-0.3, -0.25) is 0 Å². The predicted molar refractivity (Wildman–Crippen MR) is 81.8 cm³/mol. The Hall–Kier alpha value is -0.670. The first-order valence-electron chi connectivity index (χ1n) is 6.88. The maximum absolute atomic E-state index is 11.0. The zero-order valence-corrected chi connectivity index (χ0v) is 13.1. The second kappa shape index (κ2) is 5.37. The van der Waals surface area contributed by atoms with E-state index in [1.165, 1.54) is 0 Å². The Labute approximate surface area is 120 Å². The minimum Gasteiger partial charge on any atom is -0.491 e. The van der Waals surface area contributed by atoms with Crippen LogP contribution in [-0.4, -0.2) is 22.7 Å². The highest BCUT2D eigenvalue weighted by Crippen LogP contribution is 2.44. The van der Waals surface area contributed by atoms with Gasteiger partial charge in [-0.05, 0) is 49.1 Å². The molecule has 0 aliphatic carbocycles. The minimum absolute atomic E-state index is 0.155. The van der Waals surface area contributed by atoms with E-state index in [-0.39, 0.29) is 11.5 Å². The highest BCUT2D eigenvalue weighted by molar-refractivity contribution is 7.99. The molecule has 1 aromatic carbocycles. The fraction of sp³-hybridized carbons (Fsp3) is 0.625. The number of rotatable bonds is 3. The van der Waals surface area contributed by atoms with Gasteiger partial charge in [0.1, 0.15) is 5.75 Å². The standard InChI is InChI=1S/C16H24O2S/c1-12(2)18-14-7-5-6-13(8-14)16(17)9-15(3,4)10-19-11-16/h5-8,12,17H,9-11H2,1-4H3. The summed E-state index contributed by atoms with van der Waals surface area (Å²) in [6.45, 7) is 8.47. The SMILES string of the molecule is CC(C)Oc1cccc(C2(O)CSCC(C)(C)C2)c1. The fourth-order valence-electron chi connectivity index (χ4n) is 2.71. The molecule has 1 fully saturated rings. The van der Waals surface area contributed by atoms with E-state index in [1.54, 1.807) is 0 Å². The lowest BCUT2D eigenvalue weighted by Gasteiger charge is -2.41. The number of ether oxygens (including phenoxy) is 1. The van der Waals surface area contributed by atoms with Crippen LogP contribution in [0.5, 0.6) is 5.75 Å². The third-order valence-electron chi connectivity index (χ3n) is 3.35. The molecule has 1 N–H and O–H groups in total. The van der Waals surface area contributed by atoms with Gasteiger partial charge in [-0.25, -0.2) is 0 Å². The van der Waals surface area contributed by atoms with Crippen molar-refractivity contribution in [3.63, 3.8) is 0 Å². The third kappa shape index (κ3) is 3.67. The van der Waals surface area contributed by atoms with Crippen LogP contribution in [0.2, 0.25) is 0 Å². The van der Waals surface area contributed by atoms with Crippen LogP contribution in [0.4, 0.5) is 0 Å². The molecule has 2 nitrogen and oxygen atoms in total. The zero-order valence-electron chi connectivity index (χ0n) is 12.3. The predicted octanol–water partition coefficient (Wildman–Crippen LogP) is 3.82. The van der Waals surface area contributed by atoms with Crippen LogP contribution in [0, 0.1) is 5.41 Å². The lowest BCUT2D eigenvalue weighted by atomic mass is 9.78. The van der Waals surface area contributed by atoms with E-state index in [4.69, 9.17) is 4.74 Å². The van der Waals surface area contributed by atoms with Gasteiger partial charge in [-0.2, -0.15) is 11.8 Å². The normalized spacial score (nSPS) is 26.4. The van der Waals surface area contributed by atoms with Crippen molar-refractivity contribution in [2.75, 3.05) is 11.5 Å². The third-order valence-corrected chi connectivity index (χ3v) is 5.02. The summed E-state index contributed by atoms with van der Waals surface area (Å²) in [5.41, 5.74) is 0.418. The molecule has 0 amide bonds. The van der Waals surface area contributed by atoms with Crippen molar-refractivity contribution < 1.29 is 9.84 Å². The molecule has 106 valence electrons. The largest absolute Gasteiger partial charge is 0.491 e. The number of hydrogen-bond donors (Lipinski definition) is 1. The van der Waals surface area contributed by atoms with Crippen molar-refractivity contribution in [3.05, 3.63) is 29.8 Å². The second-order valence-electron chi connectivity index (χ2n) is 6.56. The molecule has 1 atom stereocenters. The Bertz CT molecular complexity index is 442. The van der Waals surface area contributed by atoms with Crippen LogP contribution >= 0.6 is 11.8 Å². The maximum atomic E-state index is 11.0. The van der Waals surface area contributed by atoms with Crippen LogP contribution in [-0.2, 0) is 5.60 Å². The van der Waals surface area contributed by atoms with Gasteiger partial charge in [-0.15, -0.1) is 0 Å². The smallest absolute Gasteiger partial charge is 0.120 e. The van der Waals surface area contributed by atoms with E-state index in [0.29, 0.717) is 0 Å². The first kappa shape index (κ1) is 14.7. The summed E-state index contributed by atoms with van der Waals surface area (Å²) in [5.74, 6) is 2.72. The monoisotopic (exact) mass is 280 g/mol. The molecule has 19 heavy (non-hydrogen) atoms. The van der Waals surface area contributed by atoms with Gasteiger partial charge in [0.2, 0.25) is 0 Å². The van der Waals surface area contributed by atoms with Crippen LogP contribution in [0.3, 0.4) is 0 Å². The molecule has 1 unspecified atom stereocenters. The molecule has 1 heterocycles. The van der Waals surface area contributed by atoms with Gasteiger partial charge < -0.3 is 9.84 Å². The Balaban J connectivity index is 2.25. The van der Waals surface area contributed by atoms with Crippen molar-refractivity contribution in [2.24, 2.45) is 5.41 Å². The number of hydrogen-bond acceptors (Lipinski definition) is 3. The molecule has 0 saturated carbocycles. The van der Waals surface area contributed by atoms with Crippen molar-refractivity contribution in [1.82, 2.24) is 0 Å². The van der Waals surface area contributed by atoms with Gasteiger partial charge in [0.25, 0.3) is 0 Å². The van der Waals surface area contributed by atoms with Crippen molar-refractivity contribution in [2.45, 2.75) is 45.8 Å². The van der Waals surface area contributed by atoms with Crippen LogP contribution in [0.15, 0.2) is 24.3 Å². The molecule has 1 aromatic rings. The summed E-state index contributed by atoms with van der Waals surface area (Å²) in [4.78, 5) is 0. The summed E-state index contributed by atoms with van der Waals surface area (Å²) >= 11 is 1.83. The molecule has 1 aliphatic rings. The molecule has 0 spiro atoms. The van der Waals surface area contributed by atoms with E-state index in [1.807, 2.05) is 49.9 Å². The summed E-state index contributed by atoms with van der Waals surface area (Å²) in [6.07, 6.45) is 0.958. The Morgan fingerprint density at radius 1 is 1.26 bits per heavy atom.